The average Bonchev–Trinajstić information content (AvgIpc) is 2.59. The fourth-order valence-corrected chi connectivity index (χ4v) is 2.19. The maximum absolute atomic E-state index is 13.0. The zero-order chi connectivity index (χ0) is 18.0. The van der Waals surface area contributed by atoms with Gasteiger partial charge in [-0.3, -0.25) is 5.43 Å². The maximum Gasteiger partial charge on any atom is 0.451 e. The van der Waals surface area contributed by atoms with E-state index < -0.39 is 12.0 Å². The smallest absolute Gasteiger partial charge is 0.451 e. The monoisotopic (exact) mass is 346 g/mol. The van der Waals surface area contributed by atoms with Crippen LogP contribution in [0, 0.1) is 0 Å². The Bertz CT molecular complexity index is 937. The van der Waals surface area contributed by atoms with E-state index in [0.29, 0.717) is 16.7 Å². The van der Waals surface area contributed by atoms with Gasteiger partial charge in [0.1, 0.15) is 5.75 Å². The van der Waals surface area contributed by atoms with Crippen LogP contribution in [0.2, 0.25) is 0 Å². The number of anilines is 1. The summed E-state index contributed by atoms with van der Waals surface area (Å²) in [6, 6.07) is 12.7. The Labute approximate surface area is 140 Å². The second-order valence-corrected chi connectivity index (χ2v) is 5.27. The fraction of sp³-hybridized carbons (Fsp3) is 0.118. The number of hydrogen-bond donors (Lipinski definition) is 2. The van der Waals surface area contributed by atoms with E-state index in [2.05, 4.69) is 20.5 Å². The first-order valence-electron chi connectivity index (χ1n) is 7.28. The Hall–Kier alpha value is -3.16. The molecule has 25 heavy (non-hydrogen) atoms. The number of aromatic hydroxyl groups is 1. The molecule has 3 rings (SSSR count). The van der Waals surface area contributed by atoms with E-state index in [1.54, 1.807) is 37.3 Å². The minimum Gasteiger partial charge on any atom is -0.508 e. The lowest BCUT2D eigenvalue weighted by Crippen LogP contribution is -2.13. The molecule has 0 spiro atoms. The molecule has 0 atom stereocenters. The highest BCUT2D eigenvalue weighted by molar-refractivity contribution is 5.99. The van der Waals surface area contributed by atoms with Crippen LogP contribution in [-0.2, 0) is 6.18 Å². The molecule has 2 aromatic carbocycles. The number of hydrogen-bond acceptors (Lipinski definition) is 5. The number of alkyl halides is 3. The molecular formula is C17H13F3N4O. The van der Waals surface area contributed by atoms with Crippen LogP contribution in [0.4, 0.5) is 19.0 Å². The summed E-state index contributed by atoms with van der Waals surface area (Å²) >= 11 is 0. The predicted molar refractivity (Wildman–Crippen MR) is 88.5 cm³/mol. The normalized spacial score (nSPS) is 12.4. The molecule has 0 saturated carbocycles. The van der Waals surface area contributed by atoms with Crippen molar-refractivity contribution in [3.63, 3.8) is 0 Å². The third-order valence-corrected chi connectivity index (χ3v) is 3.47. The number of hydrazone groups is 1. The van der Waals surface area contributed by atoms with Crippen molar-refractivity contribution in [2.75, 3.05) is 5.43 Å². The second kappa shape index (κ2) is 6.39. The number of nitrogens with zero attached hydrogens (tertiary/aromatic N) is 3. The summed E-state index contributed by atoms with van der Waals surface area (Å²) in [7, 11) is 0. The van der Waals surface area contributed by atoms with Gasteiger partial charge >= 0.3 is 6.18 Å². The van der Waals surface area contributed by atoms with E-state index in [-0.39, 0.29) is 17.1 Å². The van der Waals surface area contributed by atoms with E-state index in [9.17, 15) is 18.3 Å². The van der Waals surface area contributed by atoms with Crippen molar-refractivity contribution < 1.29 is 18.3 Å². The molecule has 0 fully saturated rings. The summed E-state index contributed by atoms with van der Waals surface area (Å²) in [5.41, 5.74) is 3.99. The van der Waals surface area contributed by atoms with Crippen LogP contribution in [0.5, 0.6) is 5.75 Å². The minimum atomic E-state index is -4.66. The summed E-state index contributed by atoms with van der Waals surface area (Å²) in [6.07, 6.45) is -4.66. The molecular weight excluding hydrogens is 333 g/mol. The molecule has 0 saturated heterocycles. The van der Waals surface area contributed by atoms with Crippen LogP contribution in [0.3, 0.4) is 0 Å². The van der Waals surface area contributed by atoms with Crippen molar-refractivity contribution in [2.24, 2.45) is 5.10 Å². The third-order valence-electron chi connectivity index (χ3n) is 3.47. The van der Waals surface area contributed by atoms with Crippen molar-refractivity contribution in [1.82, 2.24) is 9.97 Å². The maximum atomic E-state index is 13.0. The van der Waals surface area contributed by atoms with E-state index in [4.69, 9.17) is 0 Å². The van der Waals surface area contributed by atoms with Crippen molar-refractivity contribution in [3.8, 4) is 5.75 Å². The van der Waals surface area contributed by atoms with Gasteiger partial charge in [-0.15, -0.1) is 0 Å². The van der Waals surface area contributed by atoms with Gasteiger partial charge in [-0.25, -0.2) is 9.97 Å². The number of para-hydroxylation sites is 1. The van der Waals surface area contributed by atoms with E-state index in [0.717, 1.165) is 0 Å². The number of halogens is 3. The SMILES string of the molecule is C/C(=N\Nc1nc(C(F)(F)F)nc2ccccc12)c1ccc(O)cc1. The van der Waals surface area contributed by atoms with Gasteiger partial charge in [-0.1, -0.05) is 12.1 Å². The zero-order valence-electron chi connectivity index (χ0n) is 13.0. The van der Waals surface area contributed by atoms with Crippen molar-refractivity contribution in [1.29, 1.82) is 0 Å². The molecule has 0 unspecified atom stereocenters. The molecule has 128 valence electrons. The summed E-state index contributed by atoms with van der Waals surface area (Å²) in [4.78, 5) is 7.11. The van der Waals surface area contributed by atoms with Gasteiger partial charge in [0.15, 0.2) is 5.82 Å². The standard InChI is InChI=1S/C17H13F3N4O/c1-10(11-6-8-12(25)9-7-11)23-24-15-13-4-2-3-5-14(13)21-16(22-15)17(18,19)20/h2-9,25H,1H3,(H,21,22,24)/b23-10+. The van der Waals surface area contributed by atoms with E-state index in [1.807, 2.05) is 0 Å². The number of fused-ring (bicyclic) bond motifs is 1. The number of benzene rings is 2. The van der Waals surface area contributed by atoms with Gasteiger partial charge in [0.05, 0.1) is 11.2 Å². The summed E-state index contributed by atoms with van der Waals surface area (Å²) < 4.78 is 39.0. The summed E-state index contributed by atoms with van der Waals surface area (Å²) in [5, 5.41) is 13.8. The topological polar surface area (TPSA) is 70.4 Å². The summed E-state index contributed by atoms with van der Waals surface area (Å²) in [5.74, 6) is -1.15. The molecule has 0 aliphatic heterocycles. The van der Waals surface area contributed by atoms with Gasteiger partial charge in [-0.2, -0.15) is 18.3 Å². The largest absolute Gasteiger partial charge is 0.508 e. The molecule has 0 aliphatic carbocycles. The second-order valence-electron chi connectivity index (χ2n) is 5.27. The number of aromatic nitrogens is 2. The molecule has 5 nitrogen and oxygen atoms in total. The van der Waals surface area contributed by atoms with Crippen molar-refractivity contribution in [2.45, 2.75) is 13.1 Å². The quantitative estimate of drug-likeness (QED) is 0.551. The summed E-state index contributed by atoms with van der Waals surface area (Å²) in [6.45, 7) is 1.69. The molecule has 8 heteroatoms. The highest BCUT2D eigenvalue weighted by Crippen LogP contribution is 2.30. The van der Waals surface area contributed by atoms with Crippen LogP contribution >= 0.6 is 0 Å². The molecule has 0 aliphatic rings. The first kappa shape index (κ1) is 16.7. The van der Waals surface area contributed by atoms with Gasteiger partial charge in [-0.05, 0) is 48.9 Å². The Morgan fingerprint density at radius 3 is 2.40 bits per heavy atom. The first-order chi connectivity index (χ1) is 11.8. The van der Waals surface area contributed by atoms with Crippen LogP contribution in [0.15, 0.2) is 53.6 Å². The molecule has 1 heterocycles. The van der Waals surface area contributed by atoms with E-state index in [1.165, 1.54) is 18.2 Å². The number of phenolic OH excluding ortho intramolecular Hbond substituents is 1. The Kier molecular flexibility index (Phi) is 4.26. The van der Waals surface area contributed by atoms with Crippen LogP contribution in [0.25, 0.3) is 10.9 Å². The molecule has 0 amide bonds. The molecule has 3 aromatic rings. The van der Waals surface area contributed by atoms with Gasteiger partial charge < -0.3 is 5.11 Å². The fourth-order valence-electron chi connectivity index (χ4n) is 2.19. The molecule has 0 bridgehead atoms. The zero-order valence-corrected chi connectivity index (χ0v) is 13.0. The van der Waals surface area contributed by atoms with Gasteiger partial charge in [0.2, 0.25) is 5.82 Å². The predicted octanol–water partition coefficient (Wildman–Crippen LogP) is 4.19. The lowest BCUT2D eigenvalue weighted by molar-refractivity contribution is -0.144. The van der Waals surface area contributed by atoms with Crippen molar-refractivity contribution >= 4 is 22.4 Å². The number of rotatable bonds is 3. The Morgan fingerprint density at radius 2 is 1.72 bits per heavy atom. The highest BCUT2D eigenvalue weighted by Gasteiger charge is 2.35. The lowest BCUT2D eigenvalue weighted by atomic mass is 10.1. The number of phenols is 1. The van der Waals surface area contributed by atoms with Crippen LogP contribution in [-0.4, -0.2) is 20.8 Å². The molecule has 1 aromatic heterocycles. The number of nitrogens with one attached hydrogen (secondary N) is 1. The van der Waals surface area contributed by atoms with Gasteiger partial charge in [0, 0.05) is 5.39 Å². The molecule has 0 radical (unpaired) electrons. The lowest BCUT2D eigenvalue weighted by Gasteiger charge is -2.10. The molecule has 2 N–H and O–H groups in total. The van der Waals surface area contributed by atoms with Crippen LogP contribution in [0.1, 0.15) is 18.3 Å². The van der Waals surface area contributed by atoms with E-state index >= 15 is 0 Å². The van der Waals surface area contributed by atoms with Gasteiger partial charge in [0.25, 0.3) is 0 Å². The Morgan fingerprint density at radius 1 is 1.04 bits per heavy atom. The highest BCUT2D eigenvalue weighted by atomic mass is 19.4. The van der Waals surface area contributed by atoms with Crippen molar-refractivity contribution in [3.05, 3.63) is 59.9 Å². The Balaban J connectivity index is 2.00. The average molecular weight is 346 g/mol. The minimum absolute atomic E-state index is 0.0314. The first-order valence-corrected chi connectivity index (χ1v) is 7.28. The van der Waals surface area contributed by atoms with Crippen LogP contribution < -0.4 is 5.43 Å². The third kappa shape index (κ3) is 3.68.